The van der Waals surface area contributed by atoms with Crippen LogP contribution in [-0.4, -0.2) is 37.4 Å². The van der Waals surface area contributed by atoms with Gasteiger partial charge >= 0.3 is 0 Å². The Bertz CT molecular complexity index is 841. The second kappa shape index (κ2) is 11.7. The third kappa shape index (κ3) is 6.86. The molecule has 2 aromatic carbocycles. The Kier molecular flexibility index (Phi) is 10.1. The molecule has 0 saturated carbocycles. The van der Waals surface area contributed by atoms with Gasteiger partial charge in [0.2, 0.25) is 0 Å². The summed E-state index contributed by atoms with van der Waals surface area (Å²) in [5.74, 6) is -2.43. The van der Waals surface area contributed by atoms with E-state index in [0.717, 1.165) is 23.2 Å². The average Bonchev–Trinajstić information content (AvgIpc) is 2.64. The zero-order chi connectivity index (χ0) is 19.8. The molecule has 2 aromatic rings. The van der Waals surface area contributed by atoms with E-state index in [1.165, 1.54) is 0 Å². The number of hydrogen-bond donors (Lipinski definition) is 0. The standard InChI is InChI=1S/C21H20BrF2NO2.ClH/c1-3-10-25(2)11-4-5-12-27-20-14-18(23)17(13-19(20)24)21(26)15-6-8-16(22)9-7-15;/h3-9,13-14H,1,10-12H2,2H3;1H/b5-4+;. The van der Waals surface area contributed by atoms with Crippen LogP contribution in [0, 0.1) is 11.6 Å². The second-order valence-corrected chi connectivity index (χ2v) is 6.81. The van der Waals surface area contributed by atoms with Crippen LogP contribution in [0.15, 0.2) is 65.7 Å². The zero-order valence-electron chi connectivity index (χ0n) is 15.3. The van der Waals surface area contributed by atoms with E-state index in [9.17, 15) is 13.6 Å². The fourth-order valence-corrected chi connectivity index (χ4v) is 2.59. The minimum atomic E-state index is -0.825. The van der Waals surface area contributed by atoms with Crippen LogP contribution < -0.4 is 4.74 Å². The van der Waals surface area contributed by atoms with E-state index in [2.05, 4.69) is 22.5 Å². The highest BCUT2D eigenvalue weighted by Crippen LogP contribution is 2.24. The normalized spacial score (nSPS) is 10.8. The average molecular weight is 473 g/mol. The molecule has 0 amide bonds. The Balaban J connectivity index is 0.00000392. The van der Waals surface area contributed by atoms with E-state index in [0.29, 0.717) is 6.54 Å². The Hall–Kier alpha value is -2.02. The van der Waals surface area contributed by atoms with Gasteiger partial charge in [-0.3, -0.25) is 9.69 Å². The maximum absolute atomic E-state index is 14.3. The van der Waals surface area contributed by atoms with Crippen LogP contribution in [-0.2, 0) is 0 Å². The predicted molar refractivity (Wildman–Crippen MR) is 114 cm³/mol. The summed E-state index contributed by atoms with van der Waals surface area (Å²) in [7, 11) is 1.93. The summed E-state index contributed by atoms with van der Waals surface area (Å²) in [5.41, 5.74) is -0.0551. The lowest BCUT2D eigenvalue weighted by molar-refractivity contribution is 0.103. The summed E-state index contributed by atoms with van der Waals surface area (Å²) >= 11 is 3.26. The van der Waals surface area contributed by atoms with Crippen LogP contribution in [0.4, 0.5) is 8.78 Å². The van der Waals surface area contributed by atoms with Crippen molar-refractivity contribution in [3.8, 4) is 5.75 Å². The molecule has 2 rings (SSSR count). The molecule has 150 valence electrons. The number of carbonyl (C=O) groups is 1. The predicted octanol–water partition coefficient (Wildman–Crippen LogP) is 5.43. The molecule has 0 atom stereocenters. The number of halogens is 4. The van der Waals surface area contributed by atoms with Crippen LogP contribution in [0.25, 0.3) is 0 Å². The van der Waals surface area contributed by atoms with E-state index >= 15 is 0 Å². The fourth-order valence-electron chi connectivity index (χ4n) is 2.33. The van der Waals surface area contributed by atoms with Gasteiger partial charge in [-0.25, -0.2) is 8.78 Å². The van der Waals surface area contributed by atoms with E-state index in [1.807, 2.05) is 18.0 Å². The summed E-state index contributed by atoms with van der Waals surface area (Å²) in [4.78, 5) is 14.4. The number of rotatable bonds is 9. The monoisotopic (exact) mass is 471 g/mol. The zero-order valence-corrected chi connectivity index (χ0v) is 17.7. The van der Waals surface area contributed by atoms with Crippen LogP contribution in [0.2, 0.25) is 0 Å². The smallest absolute Gasteiger partial charge is 0.196 e. The number of likely N-dealkylation sites (N-methyl/N-ethyl adjacent to an activating group) is 1. The number of benzene rings is 2. The summed E-state index contributed by atoms with van der Waals surface area (Å²) < 4.78 is 34.6. The fraction of sp³-hybridized carbons (Fsp3) is 0.190. The lowest BCUT2D eigenvalue weighted by atomic mass is 10.0. The minimum Gasteiger partial charge on any atom is -0.486 e. The molecule has 3 nitrogen and oxygen atoms in total. The molecule has 28 heavy (non-hydrogen) atoms. The Labute approximate surface area is 178 Å². The Morgan fingerprint density at radius 2 is 1.82 bits per heavy atom. The van der Waals surface area contributed by atoms with Gasteiger partial charge < -0.3 is 4.74 Å². The lowest BCUT2D eigenvalue weighted by Gasteiger charge is -2.11. The molecule has 0 bridgehead atoms. The molecule has 0 spiro atoms. The third-order valence-electron chi connectivity index (χ3n) is 3.73. The molecule has 0 unspecified atom stereocenters. The molecular weight excluding hydrogens is 452 g/mol. The number of ketones is 1. The minimum absolute atomic E-state index is 0. The highest BCUT2D eigenvalue weighted by Gasteiger charge is 2.18. The molecule has 0 aliphatic heterocycles. The molecule has 7 heteroatoms. The first-order valence-electron chi connectivity index (χ1n) is 8.29. The number of hydrogen-bond acceptors (Lipinski definition) is 3. The molecular formula is C21H21BrClF2NO2. The van der Waals surface area contributed by atoms with Gasteiger partial charge in [0.1, 0.15) is 12.4 Å². The molecule has 0 radical (unpaired) electrons. The van der Waals surface area contributed by atoms with Crippen molar-refractivity contribution < 1.29 is 18.3 Å². The summed E-state index contributed by atoms with van der Waals surface area (Å²) in [6.07, 6.45) is 5.38. The van der Waals surface area contributed by atoms with Crippen molar-refractivity contribution in [1.29, 1.82) is 0 Å². The Morgan fingerprint density at radius 3 is 2.46 bits per heavy atom. The van der Waals surface area contributed by atoms with E-state index in [4.69, 9.17) is 4.74 Å². The largest absolute Gasteiger partial charge is 0.486 e. The molecule has 0 aliphatic rings. The van der Waals surface area contributed by atoms with Crippen LogP contribution in [0.1, 0.15) is 15.9 Å². The first-order valence-corrected chi connectivity index (χ1v) is 9.08. The topological polar surface area (TPSA) is 29.5 Å². The highest BCUT2D eigenvalue weighted by atomic mass is 79.9. The van der Waals surface area contributed by atoms with Gasteiger partial charge in [-0.05, 0) is 37.4 Å². The quantitative estimate of drug-likeness (QED) is 0.360. The van der Waals surface area contributed by atoms with Gasteiger partial charge in [-0.15, -0.1) is 19.0 Å². The van der Waals surface area contributed by atoms with Crippen LogP contribution in [0.3, 0.4) is 0 Å². The molecule has 0 aromatic heterocycles. The molecule has 0 aliphatic carbocycles. The van der Waals surface area contributed by atoms with E-state index in [-0.39, 0.29) is 35.9 Å². The lowest BCUT2D eigenvalue weighted by Crippen LogP contribution is -2.17. The second-order valence-electron chi connectivity index (χ2n) is 5.89. The van der Waals surface area contributed by atoms with E-state index in [1.54, 1.807) is 36.4 Å². The molecule has 0 N–H and O–H groups in total. The highest BCUT2D eigenvalue weighted by molar-refractivity contribution is 9.10. The maximum atomic E-state index is 14.3. The molecule has 0 heterocycles. The van der Waals surface area contributed by atoms with Gasteiger partial charge in [0.25, 0.3) is 0 Å². The van der Waals surface area contributed by atoms with Crippen LogP contribution >= 0.6 is 28.3 Å². The SMILES string of the molecule is C=CCN(C)C/C=C/COc1cc(F)c(C(=O)c2ccc(Br)cc2)cc1F.Cl. The van der Waals surface area contributed by atoms with Crippen molar-refractivity contribution in [3.63, 3.8) is 0 Å². The molecule has 0 fully saturated rings. The number of carbonyl (C=O) groups excluding carboxylic acids is 1. The van der Waals surface area contributed by atoms with Crippen LogP contribution in [0.5, 0.6) is 5.75 Å². The van der Waals surface area contributed by atoms with Crippen molar-refractivity contribution in [2.24, 2.45) is 0 Å². The summed E-state index contributed by atoms with van der Waals surface area (Å²) in [5, 5.41) is 0. The third-order valence-corrected chi connectivity index (χ3v) is 4.26. The summed E-state index contributed by atoms with van der Waals surface area (Å²) in [6, 6.07) is 8.19. The first kappa shape index (κ1) is 24.0. The molecule has 0 saturated heterocycles. The maximum Gasteiger partial charge on any atom is 0.196 e. The van der Waals surface area contributed by atoms with Gasteiger partial charge in [-0.2, -0.15) is 0 Å². The van der Waals surface area contributed by atoms with E-state index < -0.39 is 17.4 Å². The first-order chi connectivity index (χ1) is 12.9. The summed E-state index contributed by atoms with van der Waals surface area (Å²) in [6.45, 7) is 5.18. The van der Waals surface area contributed by atoms with Gasteiger partial charge in [0.15, 0.2) is 17.3 Å². The number of nitrogens with zero attached hydrogens (tertiary/aromatic N) is 1. The van der Waals surface area contributed by atoms with Gasteiger partial charge in [0, 0.05) is 29.2 Å². The van der Waals surface area contributed by atoms with Crippen molar-refractivity contribution in [2.45, 2.75) is 0 Å². The van der Waals surface area contributed by atoms with Crippen molar-refractivity contribution in [3.05, 3.63) is 88.4 Å². The number of ether oxygens (including phenoxy) is 1. The Morgan fingerprint density at radius 1 is 1.14 bits per heavy atom. The van der Waals surface area contributed by atoms with Gasteiger partial charge in [0.05, 0.1) is 5.56 Å². The van der Waals surface area contributed by atoms with Crippen molar-refractivity contribution in [1.82, 2.24) is 4.90 Å². The van der Waals surface area contributed by atoms with Crippen molar-refractivity contribution in [2.75, 3.05) is 26.7 Å². The van der Waals surface area contributed by atoms with Gasteiger partial charge in [-0.1, -0.05) is 34.2 Å². The van der Waals surface area contributed by atoms with Crippen molar-refractivity contribution >= 4 is 34.1 Å².